The zero-order valence-corrected chi connectivity index (χ0v) is 20.9. The molecule has 0 spiro atoms. The summed E-state index contributed by atoms with van der Waals surface area (Å²) in [5.41, 5.74) is 3.63. The number of benzene rings is 3. The van der Waals surface area contributed by atoms with Crippen LogP contribution in [0.25, 0.3) is 22.2 Å². The topological polar surface area (TPSA) is 92.0 Å². The summed E-state index contributed by atoms with van der Waals surface area (Å²) in [6, 6.07) is 24.7. The second kappa shape index (κ2) is 9.55. The van der Waals surface area contributed by atoms with E-state index in [1.165, 1.54) is 11.1 Å². The number of hydrogen-bond acceptors (Lipinski definition) is 7. The summed E-state index contributed by atoms with van der Waals surface area (Å²) in [6.45, 7) is 5.65. The van der Waals surface area contributed by atoms with Gasteiger partial charge < -0.3 is 13.8 Å². The summed E-state index contributed by atoms with van der Waals surface area (Å²) in [5.74, 6) is 2.64. The molecule has 0 saturated carbocycles. The molecule has 184 valence electrons. The fourth-order valence-electron chi connectivity index (χ4n) is 5.26. The molecule has 0 unspecified atom stereocenters. The minimum atomic E-state index is 0.0682. The third-order valence-corrected chi connectivity index (χ3v) is 7.37. The monoisotopic (exact) mass is 489 g/mol. The Morgan fingerprint density at radius 1 is 0.973 bits per heavy atom. The van der Waals surface area contributed by atoms with Crippen molar-refractivity contribution in [2.24, 2.45) is 0 Å². The van der Waals surface area contributed by atoms with Crippen LogP contribution in [0.4, 0.5) is 5.88 Å². The first-order chi connectivity index (χ1) is 18.1. The molecule has 5 aromatic rings. The number of piperidine rings is 1. The molecule has 37 heavy (non-hydrogen) atoms. The van der Waals surface area contributed by atoms with Crippen molar-refractivity contribution < 1.29 is 8.94 Å². The Labute approximate surface area is 215 Å². The van der Waals surface area contributed by atoms with Crippen LogP contribution in [0.1, 0.15) is 60.1 Å². The fraction of sp³-hybridized carbons (Fsp3) is 0.267. The van der Waals surface area contributed by atoms with Gasteiger partial charge in [-0.1, -0.05) is 72.7 Å². The maximum absolute atomic E-state index is 9.79. The van der Waals surface area contributed by atoms with E-state index in [1.54, 1.807) is 0 Å². The van der Waals surface area contributed by atoms with Gasteiger partial charge in [0.05, 0.1) is 0 Å². The van der Waals surface area contributed by atoms with Crippen LogP contribution < -0.4 is 4.90 Å². The molecule has 1 atom stereocenters. The maximum Gasteiger partial charge on any atom is 0.235 e. The molecule has 3 heterocycles. The SMILES string of the molecule is Cc1ccccc1[C@H](C)c1noc(C2CCN(c3oc(-c4cccc5ccccc45)nc3C#N)CC2)n1. The third-order valence-electron chi connectivity index (χ3n) is 7.37. The van der Waals surface area contributed by atoms with Crippen molar-refractivity contribution in [3.63, 3.8) is 0 Å². The first-order valence-electron chi connectivity index (χ1n) is 12.7. The predicted molar refractivity (Wildman–Crippen MR) is 141 cm³/mol. The van der Waals surface area contributed by atoms with Gasteiger partial charge in [-0.05, 0) is 47.7 Å². The van der Waals surface area contributed by atoms with Crippen molar-refractivity contribution in [3.8, 4) is 17.5 Å². The molecule has 0 radical (unpaired) electrons. The van der Waals surface area contributed by atoms with E-state index in [9.17, 15) is 5.26 Å². The van der Waals surface area contributed by atoms with E-state index in [-0.39, 0.29) is 11.8 Å². The number of anilines is 1. The first-order valence-corrected chi connectivity index (χ1v) is 12.7. The molecule has 6 rings (SSSR count). The van der Waals surface area contributed by atoms with E-state index in [4.69, 9.17) is 13.9 Å². The van der Waals surface area contributed by atoms with Gasteiger partial charge in [-0.15, -0.1) is 0 Å². The highest BCUT2D eigenvalue weighted by molar-refractivity contribution is 5.94. The first kappa shape index (κ1) is 23.0. The lowest BCUT2D eigenvalue weighted by atomic mass is 9.95. The second-order valence-electron chi connectivity index (χ2n) is 9.64. The minimum absolute atomic E-state index is 0.0682. The number of hydrogen-bond donors (Lipinski definition) is 0. The third kappa shape index (κ3) is 4.25. The van der Waals surface area contributed by atoms with Crippen LogP contribution in [0.15, 0.2) is 75.7 Å². The molecule has 3 aromatic carbocycles. The van der Waals surface area contributed by atoms with Crippen molar-refractivity contribution in [1.82, 2.24) is 15.1 Å². The van der Waals surface area contributed by atoms with E-state index in [2.05, 4.69) is 59.2 Å². The molecule has 7 nitrogen and oxygen atoms in total. The normalized spacial score (nSPS) is 15.1. The summed E-state index contributed by atoms with van der Waals surface area (Å²) >= 11 is 0. The van der Waals surface area contributed by atoms with Gasteiger partial charge in [0, 0.05) is 30.5 Å². The molecule has 0 aliphatic carbocycles. The van der Waals surface area contributed by atoms with Gasteiger partial charge >= 0.3 is 0 Å². The van der Waals surface area contributed by atoms with E-state index in [1.807, 2.05) is 42.5 Å². The average molecular weight is 490 g/mol. The number of aryl methyl sites for hydroxylation is 1. The molecule has 0 N–H and O–H groups in total. The largest absolute Gasteiger partial charge is 0.419 e. The number of nitrogens with zero attached hydrogens (tertiary/aromatic N) is 5. The number of oxazole rings is 1. The lowest BCUT2D eigenvalue weighted by molar-refractivity contribution is 0.324. The fourth-order valence-corrected chi connectivity index (χ4v) is 5.26. The second-order valence-corrected chi connectivity index (χ2v) is 9.64. The maximum atomic E-state index is 9.79. The molecule has 1 saturated heterocycles. The van der Waals surface area contributed by atoms with Crippen molar-refractivity contribution in [1.29, 1.82) is 5.26 Å². The van der Waals surface area contributed by atoms with Crippen LogP contribution in [-0.2, 0) is 0 Å². The van der Waals surface area contributed by atoms with Gasteiger partial charge in [0.2, 0.25) is 23.4 Å². The van der Waals surface area contributed by atoms with Crippen LogP contribution in [-0.4, -0.2) is 28.2 Å². The van der Waals surface area contributed by atoms with Gasteiger partial charge in [0.15, 0.2) is 5.82 Å². The zero-order valence-electron chi connectivity index (χ0n) is 20.9. The summed E-state index contributed by atoms with van der Waals surface area (Å²) in [6.07, 6.45) is 1.66. The Morgan fingerprint density at radius 3 is 2.54 bits per heavy atom. The summed E-state index contributed by atoms with van der Waals surface area (Å²) in [4.78, 5) is 11.4. The average Bonchev–Trinajstić information content (AvgIpc) is 3.61. The van der Waals surface area contributed by atoms with E-state index < -0.39 is 0 Å². The highest BCUT2D eigenvalue weighted by atomic mass is 16.5. The Hall–Kier alpha value is -4.44. The Kier molecular flexibility index (Phi) is 5.93. The predicted octanol–water partition coefficient (Wildman–Crippen LogP) is 6.59. The lowest BCUT2D eigenvalue weighted by Gasteiger charge is -2.29. The van der Waals surface area contributed by atoms with E-state index >= 15 is 0 Å². The van der Waals surface area contributed by atoms with E-state index in [0.29, 0.717) is 42.3 Å². The number of rotatable bonds is 5. The molecular weight excluding hydrogens is 462 g/mol. The van der Waals surface area contributed by atoms with Crippen molar-refractivity contribution in [2.45, 2.75) is 38.5 Å². The molecule has 1 aliphatic heterocycles. The number of aromatic nitrogens is 3. The summed E-state index contributed by atoms with van der Waals surface area (Å²) in [5, 5.41) is 16.2. The van der Waals surface area contributed by atoms with Crippen LogP contribution in [0, 0.1) is 18.3 Å². The molecule has 1 aliphatic rings. The van der Waals surface area contributed by atoms with Crippen LogP contribution in [0.2, 0.25) is 0 Å². The Balaban J connectivity index is 1.19. The van der Waals surface area contributed by atoms with Crippen LogP contribution in [0.5, 0.6) is 0 Å². The highest BCUT2D eigenvalue weighted by Gasteiger charge is 2.30. The molecule has 0 amide bonds. The zero-order chi connectivity index (χ0) is 25.4. The quantitative estimate of drug-likeness (QED) is 0.275. The minimum Gasteiger partial charge on any atom is -0.419 e. The number of fused-ring (bicyclic) bond motifs is 1. The molecular formula is C30H27N5O2. The lowest BCUT2D eigenvalue weighted by Crippen LogP contribution is -2.33. The van der Waals surface area contributed by atoms with Crippen molar-refractivity contribution >= 4 is 16.7 Å². The summed E-state index contributed by atoms with van der Waals surface area (Å²) < 4.78 is 11.9. The Morgan fingerprint density at radius 2 is 1.73 bits per heavy atom. The van der Waals surface area contributed by atoms with E-state index in [0.717, 1.165) is 29.2 Å². The Bertz CT molecular complexity index is 1600. The standard InChI is InChI=1S/C30H27N5O2/c1-19-8-3-5-11-23(19)20(2)27-33-28(37-34-27)22-14-16-35(17-15-22)30-26(18-31)32-29(36-30)25-13-7-10-21-9-4-6-12-24(21)25/h3-13,20,22H,14-17H2,1-2H3/t20-/m0/s1. The van der Waals surface area contributed by atoms with Gasteiger partial charge in [-0.25, -0.2) is 0 Å². The van der Waals surface area contributed by atoms with Crippen molar-refractivity contribution in [3.05, 3.63) is 95.3 Å². The van der Waals surface area contributed by atoms with Gasteiger partial charge in [0.1, 0.15) is 6.07 Å². The molecule has 0 bridgehead atoms. The number of nitriles is 1. The van der Waals surface area contributed by atoms with Gasteiger partial charge in [0.25, 0.3) is 0 Å². The van der Waals surface area contributed by atoms with Crippen molar-refractivity contribution in [2.75, 3.05) is 18.0 Å². The van der Waals surface area contributed by atoms with Gasteiger partial charge in [-0.2, -0.15) is 15.2 Å². The smallest absolute Gasteiger partial charge is 0.235 e. The highest BCUT2D eigenvalue weighted by Crippen LogP contribution is 2.36. The van der Waals surface area contributed by atoms with Gasteiger partial charge in [-0.3, -0.25) is 0 Å². The summed E-state index contributed by atoms with van der Waals surface area (Å²) in [7, 11) is 0. The molecule has 1 fully saturated rings. The molecule has 7 heteroatoms. The van der Waals surface area contributed by atoms with Crippen LogP contribution in [0.3, 0.4) is 0 Å². The molecule has 2 aromatic heterocycles. The van der Waals surface area contributed by atoms with Crippen LogP contribution >= 0.6 is 0 Å².